The lowest BCUT2D eigenvalue weighted by Crippen LogP contribution is -2.59. The lowest BCUT2D eigenvalue weighted by molar-refractivity contribution is -0.142. The van der Waals surface area contributed by atoms with Gasteiger partial charge in [-0.05, 0) is 67.5 Å². The number of fused-ring (bicyclic) bond motifs is 1. The summed E-state index contributed by atoms with van der Waals surface area (Å²) in [6, 6.07) is 9.53. The molecule has 1 aromatic heterocycles. The molecule has 0 aliphatic heterocycles. The summed E-state index contributed by atoms with van der Waals surface area (Å²) in [6.45, 7) is 4.08. The van der Waals surface area contributed by atoms with Crippen molar-refractivity contribution in [2.75, 3.05) is 6.54 Å². The van der Waals surface area contributed by atoms with Gasteiger partial charge in [-0.15, -0.1) is 0 Å². The highest BCUT2D eigenvalue weighted by Crippen LogP contribution is 2.19. The molecule has 2 aromatic carbocycles. The van der Waals surface area contributed by atoms with Gasteiger partial charge in [0.15, 0.2) is 0 Å². The van der Waals surface area contributed by atoms with E-state index >= 15 is 0 Å². The highest BCUT2D eigenvalue weighted by atomic mass is 16.4. The summed E-state index contributed by atoms with van der Waals surface area (Å²) in [5.74, 6) is -3.26. The second-order valence-corrected chi connectivity index (χ2v) is 11.2. The minimum Gasteiger partial charge on any atom is -0.508 e. The van der Waals surface area contributed by atoms with E-state index in [1.165, 1.54) is 12.1 Å². The fourth-order valence-corrected chi connectivity index (χ4v) is 4.95. The Hall–Kier alpha value is -4.42. The number of aromatic amines is 1. The highest BCUT2D eigenvalue weighted by molar-refractivity contribution is 5.94. The molecule has 0 aliphatic carbocycles. The number of nitrogens with one attached hydrogen (secondary N) is 4. The van der Waals surface area contributed by atoms with E-state index in [9.17, 15) is 29.4 Å². The third kappa shape index (κ3) is 9.55. The van der Waals surface area contributed by atoms with Gasteiger partial charge in [0.25, 0.3) is 0 Å². The summed E-state index contributed by atoms with van der Waals surface area (Å²) in [6.07, 6.45) is 3.91. The van der Waals surface area contributed by atoms with Crippen molar-refractivity contribution in [1.29, 1.82) is 0 Å². The molecule has 0 fully saturated rings. The molecule has 0 spiro atoms. The smallest absolute Gasteiger partial charge is 0.326 e. The average molecular weight is 609 g/mol. The number of aliphatic carboxylic acids is 1. The Morgan fingerprint density at radius 3 is 2.23 bits per heavy atom. The zero-order valence-electron chi connectivity index (χ0n) is 25.2. The van der Waals surface area contributed by atoms with Crippen molar-refractivity contribution in [3.8, 4) is 5.75 Å². The minimum absolute atomic E-state index is 0.0221. The first-order valence-electron chi connectivity index (χ1n) is 15.0. The van der Waals surface area contributed by atoms with E-state index in [0.29, 0.717) is 31.4 Å². The van der Waals surface area contributed by atoms with Crippen LogP contribution in [-0.4, -0.2) is 69.6 Å². The molecule has 12 nitrogen and oxygen atoms in total. The topological polar surface area (TPSA) is 213 Å². The van der Waals surface area contributed by atoms with Crippen molar-refractivity contribution in [2.45, 2.75) is 76.5 Å². The van der Waals surface area contributed by atoms with Crippen molar-refractivity contribution in [2.24, 2.45) is 17.4 Å². The molecule has 44 heavy (non-hydrogen) atoms. The van der Waals surface area contributed by atoms with Gasteiger partial charge in [0.2, 0.25) is 17.7 Å². The number of hydrogen-bond acceptors (Lipinski definition) is 7. The molecule has 12 heteroatoms. The molecule has 10 N–H and O–H groups in total. The van der Waals surface area contributed by atoms with Crippen LogP contribution in [-0.2, 0) is 32.0 Å². The lowest BCUT2D eigenvalue weighted by atomic mass is 9.96. The first-order valence-corrected chi connectivity index (χ1v) is 15.0. The van der Waals surface area contributed by atoms with Crippen molar-refractivity contribution in [1.82, 2.24) is 20.9 Å². The molecule has 238 valence electrons. The number of H-pyrrole nitrogens is 1. The number of phenols is 1. The molecule has 5 unspecified atom stereocenters. The average Bonchev–Trinajstić information content (AvgIpc) is 3.41. The molecule has 0 radical (unpaired) electrons. The van der Waals surface area contributed by atoms with Crippen LogP contribution in [0.15, 0.2) is 54.7 Å². The third-order valence-corrected chi connectivity index (χ3v) is 7.82. The van der Waals surface area contributed by atoms with Gasteiger partial charge < -0.3 is 42.6 Å². The number of carbonyl (C=O) groups is 4. The number of aromatic nitrogens is 1. The number of benzene rings is 2. The van der Waals surface area contributed by atoms with Crippen molar-refractivity contribution < 1.29 is 29.4 Å². The number of unbranched alkanes of at least 4 members (excludes halogenated alkanes) is 1. The van der Waals surface area contributed by atoms with Crippen LogP contribution in [0.5, 0.6) is 5.75 Å². The number of nitrogens with two attached hydrogens (primary N) is 2. The Balaban J connectivity index is 1.77. The molecule has 0 bridgehead atoms. The first kappa shape index (κ1) is 34.1. The van der Waals surface area contributed by atoms with Gasteiger partial charge in [-0.25, -0.2) is 4.79 Å². The van der Waals surface area contributed by atoms with E-state index in [-0.39, 0.29) is 30.9 Å². The van der Waals surface area contributed by atoms with E-state index < -0.39 is 47.9 Å². The monoisotopic (exact) mass is 608 g/mol. The molecule has 0 saturated carbocycles. The lowest BCUT2D eigenvalue weighted by Gasteiger charge is -2.28. The van der Waals surface area contributed by atoms with Gasteiger partial charge >= 0.3 is 5.97 Å². The summed E-state index contributed by atoms with van der Waals surface area (Å²) in [5.41, 5.74) is 14.2. The fraction of sp³-hybridized carbons (Fsp3) is 0.438. The maximum Gasteiger partial charge on any atom is 0.326 e. The van der Waals surface area contributed by atoms with Gasteiger partial charge in [-0.1, -0.05) is 50.6 Å². The number of carbonyl (C=O) groups excluding carboxylic acids is 3. The number of para-hydroxylation sites is 1. The number of carboxylic acids is 1. The van der Waals surface area contributed by atoms with Crippen LogP contribution >= 0.6 is 0 Å². The van der Waals surface area contributed by atoms with E-state index in [0.717, 1.165) is 16.5 Å². The molecule has 0 aliphatic rings. The van der Waals surface area contributed by atoms with Crippen LogP contribution in [0.4, 0.5) is 0 Å². The zero-order valence-corrected chi connectivity index (χ0v) is 25.2. The Bertz CT molecular complexity index is 1410. The van der Waals surface area contributed by atoms with Crippen molar-refractivity contribution in [3.63, 3.8) is 0 Å². The van der Waals surface area contributed by atoms with Crippen LogP contribution in [0, 0.1) is 5.92 Å². The number of carboxylic acid groups (broad SMARTS) is 1. The molecule has 5 atom stereocenters. The van der Waals surface area contributed by atoms with E-state index in [1.54, 1.807) is 12.1 Å². The molecule has 0 saturated heterocycles. The molecule has 3 aromatic rings. The molecule has 3 rings (SSSR count). The zero-order chi connectivity index (χ0) is 32.2. The summed E-state index contributed by atoms with van der Waals surface area (Å²) in [4.78, 5) is 55.3. The normalized spacial score (nSPS) is 14.6. The van der Waals surface area contributed by atoms with Gasteiger partial charge in [0, 0.05) is 23.5 Å². The standard InChI is InChI=1S/C32H44N6O6/c1-3-19(2)28(38-29(40)24(34)17-21-18-35-25-9-5-4-8-23(21)25)31(42)37-27(16-20-11-13-22(39)14-12-20)30(41)36-26(32(43)44)10-6-7-15-33/h4-5,8-9,11-14,18-19,24,26-28,35,39H,3,6-7,10,15-17,33-34H2,1-2H3,(H,36,41)(H,37,42)(H,38,40)(H,43,44). The van der Waals surface area contributed by atoms with Gasteiger partial charge in [-0.3, -0.25) is 14.4 Å². The van der Waals surface area contributed by atoms with Crippen LogP contribution < -0.4 is 27.4 Å². The molecular formula is C32H44N6O6. The van der Waals surface area contributed by atoms with Gasteiger partial charge in [0.05, 0.1) is 6.04 Å². The van der Waals surface area contributed by atoms with Crippen LogP contribution in [0.25, 0.3) is 10.9 Å². The fourth-order valence-electron chi connectivity index (χ4n) is 4.95. The SMILES string of the molecule is CCC(C)C(NC(=O)C(N)Cc1c[nH]c2ccccc12)C(=O)NC(Cc1ccc(O)cc1)C(=O)NC(CCCCN)C(=O)O. The maximum atomic E-state index is 13.7. The predicted octanol–water partition coefficient (Wildman–Crippen LogP) is 1.70. The summed E-state index contributed by atoms with van der Waals surface area (Å²) in [5, 5.41) is 28.4. The Kier molecular flexibility index (Phi) is 12.7. The molecule has 3 amide bonds. The summed E-state index contributed by atoms with van der Waals surface area (Å²) < 4.78 is 0. The highest BCUT2D eigenvalue weighted by Gasteiger charge is 2.32. The minimum atomic E-state index is -1.20. The van der Waals surface area contributed by atoms with Crippen molar-refractivity contribution >= 4 is 34.6 Å². The Labute approximate surface area is 257 Å². The Morgan fingerprint density at radius 2 is 1.57 bits per heavy atom. The van der Waals surface area contributed by atoms with E-state index in [4.69, 9.17) is 11.5 Å². The largest absolute Gasteiger partial charge is 0.508 e. The maximum absolute atomic E-state index is 13.7. The van der Waals surface area contributed by atoms with Crippen LogP contribution in [0.3, 0.4) is 0 Å². The van der Waals surface area contributed by atoms with Gasteiger partial charge in [0.1, 0.15) is 23.9 Å². The number of phenolic OH excluding ortho intramolecular Hbond substituents is 1. The predicted molar refractivity (Wildman–Crippen MR) is 168 cm³/mol. The van der Waals surface area contributed by atoms with Crippen LogP contribution in [0.1, 0.15) is 50.7 Å². The number of aromatic hydroxyl groups is 1. The van der Waals surface area contributed by atoms with E-state index in [1.807, 2.05) is 44.3 Å². The molecular weight excluding hydrogens is 564 g/mol. The van der Waals surface area contributed by atoms with Crippen molar-refractivity contribution in [3.05, 3.63) is 65.9 Å². The number of rotatable bonds is 17. The van der Waals surface area contributed by atoms with Crippen LogP contribution in [0.2, 0.25) is 0 Å². The third-order valence-electron chi connectivity index (χ3n) is 7.82. The second-order valence-electron chi connectivity index (χ2n) is 11.2. The van der Waals surface area contributed by atoms with Gasteiger partial charge in [-0.2, -0.15) is 0 Å². The summed E-state index contributed by atoms with van der Waals surface area (Å²) in [7, 11) is 0. The number of hydrogen-bond donors (Lipinski definition) is 8. The quantitative estimate of drug-likeness (QED) is 0.105. The Morgan fingerprint density at radius 1 is 0.886 bits per heavy atom. The van der Waals surface area contributed by atoms with E-state index in [2.05, 4.69) is 20.9 Å². The number of amides is 3. The summed E-state index contributed by atoms with van der Waals surface area (Å²) >= 11 is 0. The molecule has 1 heterocycles. The first-order chi connectivity index (χ1) is 21.0. The second kappa shape index (κ2) is 16.4.